The van der Waals surface area contributed by atoms with Crippen LogP contribution in [0.4, 0.5) is 0 Å². The Balaban J connectivity index is 2.72. The predicted molar refractivity (Wildman–Crippen MR) is 78.0 cm³/mol. The van der Waals surface area contributed by atoms with Crippen LogP contribution in [0.2, 0.25) is 0 Å². The standard InChI is InChI=1S/C13H22N2O4S/c1-9(16)14-11(13(2,3)20-15-18)12(17)19-10-7-5-4-6-8-10/h10-11H,4-8H2,1-3H3,(H,14,16)/t11-/m1/s1. The second kappa shape index (κ2) is 7.61. The molecule has 1 rings (SSSR count). The number of carbonyl (C=O) groups excluding carboxylic acids is 2. The molecule has 1 fully saturated rings. The molecule has 114 valence electrons. The normalized spacial score (nSPS) is 18.1. The first-order valence-corrected chi connectivity index (χ1v) is 7.62. The van der Waals surface area contributed by atoms with Gasteiger partial charge in [0.25, 0.3) is 0 Å². The van der Waals surface area contributed by atoms with Crippen LogP contribution in [-0.4, -0.2) is 28.8 Å². The van der Waals surface area contributed by atoms with E-state index < -0.39 is 16.8 Å². The highest BCUT2D eigenvalue weighted by molar-refractivity contribution is 7.99. The molecule has 7 heteroatoms. The Morgan fingerprint density at radius 3 is 2.40 bits per heavy atom. The van der Waals surface area contributed by atoms with E-state index in [2.05, 4.69) is 9.90 Å². The van der Waals surface area contributed by atoms with E-state index in [0.717, 1.165) is 37.6 Å². The van der Waals surface area contributed by atoms with Crippen LogP contribution < -0.4 is 5.32 Å². The number of amides is 1. The van der Waals surface area contributed by atoms with Crippen LogP contribution in [0.25, 0.3) is 0 Å². The SMILES string of the molecule is CC(=O)N[C@H](C(=O)OC1CCCCC1)C(C)(C)SN=O. The number of nitroso groups, excluding NO2 is 1. The fourth-order valence-corrected chi connectivity index (χ4v) is 2.74. The largest absolute Gasteiger partial charge is 0.461 e. The molecule has 0 saturated heterocycles. The third kappa shape index (κ3) is 5.11. The van der Waals surface area contributed by atoms with E-state index in [1.165, 1.54) is 13.3 Å². The Morgan fingerprint density at radius 2 is 1.90 bits per heavy atom. The van der Waals surface area contributed by atoms with Crippen molar-refractivity contribution in [1.29, 1.82) is 0 Å². The second-order valence-electron chi connectivity index (χ2n) is 5.60. The highest BCUT2D eigenvalue weighted by Crippen LogP contribution is 2.30. The van der Waals surface area contributed by atoms with Crippen molar-refractivity contribution < 1.29 is 14.3 Å². The Hall–Kier alpha value is -1.11. The summed E-state index contributed by atoms with van der Waals surface area (Å²) >= 11 is 0.728. The van der Waals surface area contributed by atoms with Gasteiger partial charge in [-0.2, -0.15) is 0 Å². The lowest BCUT2D eigenvalue weighted by Crippen LogP contribution is -2.53. The molecular weight excluding hydrogens is 280 g/mol. The summed E-state index contributed by atoms with van der Waals surface area (Å²) in [5.41, 5.74) is 0. The first-order valence-electron chi connectivity index (χ1n) is 6.85. The topological polar surface area (TPSA) is 84.8 Å². The first kappa shape index (κ1) is 16.9. The summed E-state index contributed by atoms with van der Waals surface area (Å²) < 4.78 is 7.40. The van der Waals surface area contributed by atoms with Gasteiger partial charge in [-0.25, -0.2) is 4.79 Å². The van der Waals surface area contributed by atoms with Gasteiger partial charge in [-0.05, 0) is 39.5 Å². The molecule has 0 radical (unpaired) electrons. The van der Waals surface area contributed by atoms with E-state index in [1.807, 2.05) is 0 Å². The van der Waals surface area contributed by atoms with Gasteiger partial charge in [-0.15, -0.1) is 4.91 Å². The van der Waals surface area contributed by atoms with Gasteiger partial charge in [0.05, 0.1) is 4.75 Å². The van der Waals surface area contributed by atoms with Gasteiger partial charge < -0.3 is 10.1 Å². The number of ether oxygens (including phenoxy) is 1. The smallest absolute Gasteiger partial charge is 0.330 e. The summed E-state index contributed by atoms with van der Waals surface area (Å²) in [6.45, 7) is 4.69. The van der Waals surface area contributed by atoms with Gasteiger partial charge in [0.1, 0.15) is 12.1 Å². The maximum Gasteiger partial charge on any atom is 0.330 e. The average Bonchev–Trinajstić information content (AvgIpc) is 2.36. The van der Waals surface area contributed by atoms with Crippen LogP contribution in [-0.2, 0) is 14.3 Å². The van der Waals surface area contributed by atoms with Crippen LogP contribution in [0.3, 0.4) is 0 Å². The summed E-state index contributed by atoms with van der Waals surface area (Å²) in [6.07, 6.45) is 4.90. The third-order valence-electron chi connectivity index (χ3n) is 3.39. The zero-order valence-corrected chi connectivity index (χ0v) is 13.0. The molecule has 0 bridgehead atoms. The fourth-order valence-electron chi connectivity index (χ4n) is 2.28. The number of carbonyl (C=O) groups is 2. The lowest BCUT2D eigenvalue weighted by atomic mass is 9.97. The third-order valence-corrected chi connectivity index (χ3v) is 4.17. The molecule has 1 amide bonds. The molecule has 0 unspecified atom stereocenters. The maximum atomic E-state index is 12.3. The molecule has 1 N–H and O–H groups in total. The van der Waals surface area contributed by atoms with E-state index in [9.17, 15) is 14.5 Å². The number of nitrogens with one attached hydrogen (secondary N) is 1. The molecule has 0 aromatic carbocycles. The van der Waals surface area contributed by atoms with Crippen molar-refractivity contribution in [2.45, 2.75) is 69.8 Å². The fraction of sp³-hybridized carbons (Fsp3) is 0.846. The summed E-state index contributed by atoms with van der Waals surface area (Å²) in [5, 5.41) is 2.56. The van der Waals surface area contributed by atoms with Gasteiger partial charge >= 0.3 is 5.97 Å². The Labute approximate surface area is 123 Å². The van der Waals surface area contributed by atoms with Gasteiger partial charge in [0.15, 0.2) is 0 Å². The van der Waals surface area contributed by atoms with E-state index in [1.54, 1.807) is 13.8 Å². The maximum absolute atomic E-state index is 12.3. The van der Waals surface area contributed by atoms with E-state index >= 15 is 0 Å². The Morgan fingerprint density at radius 1 is 1.30 bits per heavy atom. The first-order chi connectivity index (χ1) is 9.36. The molecule has 6 nitrogen and oxygen atoms in total. The second-order valence-corrected chi connectivity index (χ2v) is 6.98. The van der Waals surface area contributed by atoms with E-state index in [4.69, 9.17) is 4.74 Å². The minimum Gasteiger partial charge on any atom is -0.461 e. The van der Waals surface area contributed by atoms with Crippen molar-refractivity contribution in [3.63, 3.8) is 0 Å². The van der Waals surface area contributed by atoms with Crippen LogP contribution in [0.5, 0.6) is 0 Å². The molecule has 20 heavy (non-hydrogen) atoms. The molecule has 0 aromatic rings. The highest BCUT2D eigenvalue weighted by Gasteiger charge is 2.40. The molecule has 1 aliphatic rings. The lowest BCUT2D eigenvalue weighted by molar-refractivity contribution is -0.155. The van der Waals surface area contributed by atoms with Gasteiger partial charge in [-0.3, -0.25) is 4.79 Å². The van der Waals surface area contributed by atoms with Crippen LogP contribution in [0.15, 0.2) is 4.58 Å². The molecule has 0 spiro atoms. The Kier molecular flexibility index (Phi) is 6.45. The molecule has 1 aliphatic carbocycles. The number of rotatable bonds is 6. The van der Waals surface area contributed by atoms with Crippen molar-refractivity contribution in [3.8, 4) is 0 Å². The van der Waals surface area contributed by atoms with Gasteiger partial charge in [0.2, 0.25) is 5.91 Å². The molecule has 0 heterocycles. The van der Waals surface area contributed by atoms with Crippen molar-refractivity contribution >= 4 is 23.8 Å². The number of esters is 1. The number of hydrogen-bond acceptors (Lipinski definition) is 6. The van der Waals surface area contributed by atoms with Crippen LogP contribution >= 0.6 is 11.9 Å². The quantitative estimate of drug-likeness (QED) is 0.463. The minimum absolute atomic E-state index is 0.0856. The minimum atomic E-state index is -0.885. The molecule has 1 atom stereocenters. The van der Waals surface area contributed by atoms with Crippen molar-refractivity contribution in [1.82, 2.24) is 5.32 Å². The summed E-state index contributed by atoms with van der Waals surface area (Å²) in [6, 6.07) is -0.885. The lowest BCUT2D eigenvalue weighted by Gasteiger charge is -2.31. The van der Waals surface area contributed by atoms with E-state index in [0.29, 0.717) is 0 Å². The monoisotopic (exact) mass is 302 g/mol. The molecule has 0 aliphatic heterocycles. The number of hydrogen-bond donors (Lipinski definition) is 1. The zero-order chi connectivity index (χ0) is 15.2. The summed E-state index contributed by atoms with van der Waals surface area (Å²) in [5.74, 6) is -0.830. The van der Waals surface area contributed by atoms with Crippen molar-refractivity contribution in [3.05, 3.63) is 4.91 Å². The van der Waals surface area contributed by atoms with Crippen LogP contribution in [0.1, 0.15) is 52.9 Å². The predicted octanol–water partition coefficient (Wildman–Crippen LogP) is 2.56. The number of nitrogens with zero attached hydrogens (tertiary/aromatic N) is 1. The average molecular weight is 302 g/mol. The zero-order valence-electron chi connectivity index (χ0n) is 12.2. The molecule has 0 aromatic heterocycles. The summed E-state index contributed by atoms with van der Waals surface area (Å²) in [7, 11) is 0. The molecule has 1 saturated carbocycles. The Bertz CT molecular complexity index is 367. The molecular formula is C13H22N2O4S. The van der Waals surface area contributed by atoms with E-state index in [-0.39, 0.29) is 12.0 Å². The van der Waals surface area contributed by atoms with Crippen LogP contribution in [0, 0.1) is 4.91 Å². The van der Waals surface area contributed by atoms with Gasteiger partial charge in [-0.1, -0.05) is 6.42 Å². The highest BCUT2D eigenvalue weighted by atomic mass is 32.2. The summed E-state index contributed by atoms with van der Waals surface area (Å²) in [4.78, 5) is 34.0. The van der Waals surface area contributed by atoms with Gasteiger partial charge in [0, 0.05) is 23.5 Å². The van der Waals surface area contributed by atoms with Crippen molar-refractivity contribution in [2.75, 3.05) is 0 Å². The van der Waals surface area contributed by atoms with Crippen molar-refractivity contribution in [2.24, 2.45) is 4.58 Å².